The van der Waals surface area contributed by atoms with Crippen LogP contribution in [0.4, 0.5) is 5.69 Å². The Kier molecular flexibility index (Phi) is 5.59. The average Bonchev–Trinajstić information content (AvgIpc) is 2.89. The highest BCUT2D eigenvalue weighted by Crippen LogP contribution is 2.26. The highest BCUT2D eigenvalue weighted by Gasteiger charge is 2.36. The summed E-state index contributed by atoms with van der Waals surface area (Å²) < 4.78 is 4.87. The van der Waals surface area contributed by atoms with Crippen molar-refractivity contribution in [2.75, 3.05) is 40.3 Å². The van der Waals surface area contributed by atoms with Crippen LogP contribution < -0.4 is 5.01 Å². The Hall–Kier alpha value is -3.09. The van der Waals surface area contributed by atoms with E-state index >= 15 is 0 Å². The summed E-state index contributed by atoms with van der Waals surface area (Å²) >= 11 is 0. The van der Waals surface area contributed by atoms with Crippen LogP contribution in [0, 0.1) is 0 Å². The molecule has 7 nitrogen and oxygen atoms in total. The third kappa shape index (κ3) is 4.06. The summed E-state index contributed by atoms with van der Waals surface area (Å²) in [7, 11) is 8.47. The van der Waals surface area contributed by atoms with E-state index in [1.54, 1.807) is 62.5 Å². The summed E-state index contributed by atoms with van der Waals surface area (Å²) in [5.74, 6) is -0.858. The molecule has 1 aromatic rings. The number of hydrogen-bond acceptors (Lipinski definition) is 6. The van der Waals surface area contributed by atoms with Crippen molar-refractivity contribution in [3.8, 4) is 0 Å². The molecule has 1 aliphatic heterocycles. The monoisotopic (exact) mass is 342 g/mol. The van der Waals surface area contributed by atoms with Crippen molar-refractivity contribution < 1.29 is 14.3 Å². The molecule has 0 atom stereocenters. The first-order chi connectivity index (χ1) is 11.8. The minimum atomic E-state index is -0.556. The normalized spacial score (nSPS) is 16.1. The molecule has 0 bridgehead atoms. The molecule has 0 aromatic heterocycles. The standard InChI is InChI=1S/C18H22N4O3/c1-20(2)11-14-16(15(12-21(3)4)18(24)25-5)19-22(17(14)23)13-9-7-6-8-10-13/h6-12H,1-5H3/b14-11-,15-12+. The lowest BCUT2D eigenvalue weighted by atomic mass is 10.0. The third-order valence-electron chi connectivity index (χ3n) is 3.31. The Morgan fingerprint density at radius 2 is 1.76 bits per heavy atom. The zero-order chi connectivity index (χ0) is 18.6. The van der Waals surface area contributed by atoms with Crippen molar-refractivity contribution >= 4 is 23.3 Å². The van der Waals surface area contributed by atoms with Crippen molar-refractivity contribution in [3.63, 3.8) is 0 Å². The number of hydrazone groups is 1. The Bertz CT molecular complexity index is 749. The van der Waals surface area contributed by atoms with Gasteiger partial charge < -0.3 is 14.5 Å². The number of amides is 1. The van der Waals surface area contributed by atoms with Gasteiger partial charge in [-0.1, -0.05) is 18.2 Å². The molecule has 0 saturated carbocycles. The number of anilines is 1. The first-order valence-corrected chi connectivity index (χ1v) is 7.68. The van der Waals surface area contributed by atoms with E-state index in [0.29, 0.717) is 11.3 Å². The molecule has 0 aliphatic carbocycles. The Morgan fingerprint density at radius 1 is 1.12 bits per heavy atom. The van der Waals surface area contributed by atoms with E-state index in [1.165, 1.54) is 12.1 Å². The van der Waals surface area contributed by atoms with E-state index in [1.807, 2.05) is 18.2 Å². The molecular weight excluding hydrogens is 320 g/mol. The number of hydrogen-bond donors (Lipinski definition) is 0. The number of carbonyl (C=O) groups is 2. The number of ether oxygens (including phenoxy) is 1. The molecule has 2 rings (SSSR count). The number of para-hydroxylation sites is 1. The van der Waals surface area contributed by atoms with Crippen LogP contribution in [0.5, 0.6) is 0 Å². The van der Waals surface area contributed by atoms with Gasteiger partial charge in [0, 0.05) is 40.6 Å². The topological polar surface area (TPSA) is 65.5 Å². The van der Waals surface area contributed by atoms with Crippen LogP contribution >= 0.6 is 0 Å². The van der Waals surface area contributed by atoms with Gasteiger partial charge in [0.15, 0.2) is 0 Å². The second-order valence-corrected chi connectivity index (χ2v) is 5.91. The second kappa shape index (κ2) is 7.65. The summed E-state index contributed by atoms with van der Waals surface area (Å²) in [6, 6.07) is 9.07. The molecule has 1 aromatic carbocycles. The van der Waals surface area contributed by atoms with Gasteiger partial charge in [0.05, 0.1) is 18.4 Å². The van der Waals surface area contributed by atoms with Gasteiger partial charge in [0.2, 0.25) is 0 Å². The van der Waals surface area contributed by atoms with E-state index in [0.717, 1.165) is 0 Å². The van der Waals surface area contributed by atoms with Gasteiger partial charge in [-0.05, 0) is 12.1 Å². The molecule has 132 valence electrons. The van der Waals surface area contributed by atoms with Crippen molar-refractivity contribution in [2.45, 2.75) is 0 Å². The maximum absolute atomic E-state index is 12.9. The van der Waals surface area contributed by atoms with Crippen LogP contribution in [0.2, 0.25) is 0 Å². The first kappa shape index (κ1) is 18.3. The molecule has 7 heteroatoms. The van der Waals surface area contributed by atoms with E-state index < -0.39 is 5.97 Å². The zero-order valence-electron chi connectivity index (χ0n) is 15.1. The molecule has 0 N–H and O–H groups in total. The molecule has 1 heterocycles. The summed E-state index contributed by atoms with van der Waals surface area (Å²) in [5.41, 5.74) is 1.45. The minimum absolute atomic E-state index is 0.215. The molecule has 0 unspecified atom stereocenters. The van der Waals surface area contributed by atoms with Gasteiger partial charge in [0.25, 0.3) is 5.91 Å². The second-order valence-electron chi connectivity index (χ2n) is 5.91. The van der Waals surface area contributed by atoms with Crippen molar-refractivity contribution in [1.29, 1.82) is 0 Å². The number of rotatable bonds is 5. The molecule has 0 saturated heterocycles. The Morgan fingerprint density at radius 3 is 2.28 bits per heavy atom. The van der Waals surface area contributed by atoms with Crippen LogP contribution in [-0.4, -0.2) is 62.7 Å². The Labute approximate surface area is 147 Å². The van der Waals surface area contributed by atoms with Crippen molar-refractivity contribution in [2.24, 2.45) is 5.10 Å². The van der Waals surface area contributed by atoms with Crippen LogP contribution in [-0.2, 0) is 14.3 Å². The number of benzene rings is 1. The maximum Gasteiger partial charge on any atom is 0.341 e. The van der Waals surface area contributed by atoms with E-state index in [2.05, 4.69) is 5.10 Å². The number of esters is 1. The SMILES string of the molecule is COC(=O)/C(=C/N(C)C)C1=NN(c2ccccc2)C(=O)/C1=C\N(C)C. The average molecular weight is 342 g/mol. The van der Waals surface area contributed by atoms with Crippen molar-refractivity contribution in [3.05, 3.63) is 53.9 Å². The smallest absolute Gasteiger partial charge is 0.341 e. The van der Waals surface area contributed by atoms with Gasteiger partial charge in [-0.25, -0.2) is 4.79 Å². The molecule has 0 fully saturated rings. The zero-order valence-corrected chi connectivity index (χ0v) is 15.1. The summed E-state index contributed by atoms with van der Waals surface area (Å²) in [6.07, 6.45) is 3.24. The molecule has 0 radical (unpaired) electrons. The van der Waals surface area contributed by atoms with Gasteiger partial charge in [-0.2, -0.15) is 10.1 Å². The van der Waals surface area contributed by atoms with Crippen molar-refractivity contribution in [1.82, 2.24) is 9.80 Å². The predicted molar refractivity (Wildman–Crippen MR) is 96.9 cm³/mol. The minimum Gasteiger partial charge on any atom is -0.465 e. The first-order valence-electron chi connectivity index (χ1n) is 7.68. The number of methoxy groups -OCH3 is 1. The summed E-state index contributed by atoms with van der Waals surface area (Å²) in [4.78, 5) is 28.6. The van der Waals surface area contributed by atoms with Gasteiger partial charge in [-0.15, -0.1) is 0 Å². The van der Waals surface area contributed by atoms with E-state index in [-0.39, 0.29) is 17.2 Å². The fraction of sp³-hybridized carbons (Fsp3) is 0.278. The fourth-order valence-corrected chi connectivity index (χ4v) is 2.31. The van der Waals surface area contributed by atoms with E-state index in [9.17, 15) is 9.59 Å². The van der Waals surface area contributed by atoms with Crippen LogP contribution in [0.25, 0.3) is 0 Å². The molecule has 25 heavy (non-hydrogen) atoms. The molecule has 0 spiro atoms. The Balaban J connectivity index is 2.60. The molecule has 1 aliphatic rings. The lowest BCUT2D eigenvalue weighted by molar-refractivity contribution is -0.135. The van der Waals surface area contributed by atoms with Crippen LogP contribution in [0.3, 0.4) is 0 Å². The highest BCUT2D eigenvalue weighted by molar-refractivity contribution is 6.40. The predicted octanol–water partition coefficient (Wildman–Crippen LogP) is 1.45. The van der Waals surface area contributed by atoms with E-state index in [4.69, 9.17) is 4.74 Å². The molecular formula is C18H22N4O3. The number of nitrogens with zero attached hydrogens (tertiary/aromatic N) is 4. The highest BCUT2D eigenvalue weighted by atomic mass is 16.5. The quantitative estimate of drug-likeness (QED) is 0.599. The van der Waals surface area contributed by atoms with Crippen LogP contribution in [0.1, 0.15) is 0 Å². The van der Waals surface area contributed by atoms with Crippen LogP contribution in [0.15, 0.2) is 59.0 Å². The summed E-state index contributed by atoms with van der Waals surface area (Å²) in [5, 5.41) is 5.69. The van der Waals surface area contributed by atoms with Gasteiger partial charge >= 0.3 is 5.97 Å². The maximum atomic E-state index is 12.9. The van der Waals surface area contributed by atoms with Gasteiger partial charge in [0.1, 0.15) is 11.3 Å². The molecule has 1 amide bonds. The third-order valence-corrected chi connectivity index (χ3v) is 3.31. The summed E-state index contributed by atoms with van der Waals surface area (Å²) in [6.45, 7) is 0. The van der Waals surface area contributed by atoms with Gasteiger partial charge in [-0.3, -0.25) is 4.79 Å². The number of carbonyl (C=O) groups excluding carboxylic acids is 2. The lowest BCUT2D eigenvalue weighted by Crippen LogP contribution is -2.24. The fourth-order valence-electron chi connectivity index (χ4n) is 2.31. The largest absolute Gasteiger partial charge is 0.465 e. The lowest BCUT2D eigenvalue weighted by Gasteiger charge is -2.12.